The van der Waals surface area contributed by atoms with Crippen molar-refractivity contribution in [2.75, 3.05) is 6.61 Å². The zero-order valence-electron chi connectivity index (χ0n) is 17.5. The Bertz CT molecular complexity index is 885. The Morgan fingerprint density at radius 3 is 2.47 bits per heavy atom. The number of ether oxygens (including phenoxy) is 2. The molecule has 166 valence electrons. The number of nitrogens with zero attached hydrogens (tertiary/aromatic N) is 2. The molecule has 0 bridgehead atoms. The Morgan fingerprint density at radius 2 is 1.87 bits per heavy atom. The number of rotatable bonds is 6. The minimum absolute atomic E-state index is 0.0191. The van der Waals surface area contributed by atoms with E-state index < -0.39 is 37.3 Å². The first-order valence-electron chi connectivity index (χ1n) is 9.94. The lowest BCUT2D eigenvalue weighted by Gasteiger charge is -2.39. The Kier molecular flexibility index (Phi) is 6.78. The summed E-state index contributed by atoms with van der Waals surface area (Å²) in [5.41, 5.74) is 2.77. The van der Waals surface area contributed by atoms with E-state index in [9.17, 15) is 24.8 Å². The van der Waals surface area contributed by atoms with E-state index in [0.29, 0.717) is 17.5 Å². The van der Waals surface area contributed by atoms with Crippen molar-refractivity contribution in [3.8, 4) is 5.88 Å². The number of aromatic nitrogens is 2. The molecule has 0 aliphatic carbocycles. The Labute approximate surface area is 174 Å². The van der Waals surface area contributed by atoms with Gasteiger partial charge in [0.2, 0.25) is 12.2 Å². The van der Waals surface area contributed by atoms with Gasteiger partial charge in [0.05, 0.1) is 6.61 Å². The van der Waals surface area contributed by atoms with E-state index in [-0.39, 0.29) is 17.7 Å². The zero-order chi connectivity index (χ0) is 22.2. The van der Waals surface area contributed by atoms with Gasteiger partial charge in [-0.15, -0.1) is 5.10 Å². The van der Waals surface area contributed by atoms with Crippen LogP contribution in [0.3, 0.4) is 0 Å². The number of aliphatic hydroxyl groups excluding tert-OH is 4. The summed E-state index contributed by atoms with van der Waals surface area (Å²) in [4.78, 5) is 0. The molecule has 1 aromatic carbocycles. The molecule has 0 amide bonds. The van der Waals surface area contributed by atoms with Crippen LogP contribution in [-0.4, -0.2) is 67.5 Å². The predicted molar refractivity (Wildman–Crippen MR) is 106 cm³/mol. The molecule has 3 rings (SSSR count). The third-order valence-electron chi connectivity index (χ3n) is 5.42. The maximum Gasteiger partial charge on any atom is 0.239 e. The number of aliphatic hydroxyl groups is 4. The van der Waals surface area contributed by atoms with Crippen molar-refractivity contribution in [3.63, 3.8) is 0 Å². The highest BCUT2D eigenvalue weighted by Gasteiger charge is 2.45. The highest BCUT2D eigenvalue weighted by Crippen LogP contribution is 2.30. The van der Waals surface area contributed by atoms with Crippen molar-refractivity contribution >= 4 is 0 Å². The lowest BCUT2D eigenvalue weighted by Crippen LogP contribution is -2.60. The molecule has 0 unspecified atom stereocenters. The molecule has 0 saturated carbocycles. The van der Waals surface area contributed by atoms with Crippen molar-refractivity contribution in [3.05, 3.63) is 46.4 Å². The molecule has 5 atom stereocenters. The summed E-state index contributed by atoms with van der Waals surface area (Å²) in [6, 6.07) is 5.00. The van der Waals surface area contributed by atoms with Gasteiger partial charge in [-0.1, -0.05) is 12.1 Å². The average molecular weight is 424 g/mol. The molecule has 0 spiro atoms. The number of hydrogen-bond acceptors (Lipinski definition) is 7. The van der Waals surface area contributed by atoms with Gasteiger partial charge in [-0.25, -0.2) is 4.39 Å². The maximum atomic E-state index is 14.0. The van der Waals surface area contributed by atoms with E-state index in [4.69, 9.17) is 9.47 Å². The van der Waals surface area contributed by atoms with Crippen LogP contribution in [0.1, 0.15) is 42.3 Å². The standard InChI is InChI=1S/C21H29FN2O6/c1-10(2)24-12(4)14(7-13-6-5-11(3)15(22)8-13)20(23-24)30-21-19(28)18(27)17(26)16(9-25)29-21/h5-6,8,10,16-19,21,25-28H,7,9H2,1-4H3/t16-,17-,18+,19-,21-/m1/s1. The SMILES string of the molecule is Cc1ccc(Cc2c(O[C@H]3O[C@H](CO)[C@@H](O)[C@H](O)[C@H]3O)nn(C(C)C)c2C)cc1F. The molecular weight excluding hydrogens is 395 g/mol. The molecule has 2 heterocycles. The first kappa shape index (κ1) is 22.6. The van der Waals surface area contributed by atoms with E-state index in [1.165, 1.54) is 6.07 Å². The highest BCUT2D eigenvalue weighted by atomic mass is 19.1. The van der Waals surface area contributed by atoms with Gasteiger partial charge in [0.15, 0.2) is 0 Å². The largest absolute Gasteiger partial charge is 0.443 e. The number of aryl methyl sites for hydroxylation is 1. The van der Waals surface area contributed by atoms with Crippen LogP contribution < -0.4 is 4.74 Å². The first-order chi connectivity index (χ1) is 14.1. The summed E-state index contributed by atoms with van der Waals surface area (Å²) in [5.74, 6) is -0.135. The van der Waals surface area contributed by atoms with Crippen molar-refractivity contribution in [1.29, 1.82) is 0 Å². The highest BCUT2D eigenvalue weighted by molar-refractivity contribution is 5.37. The van der Waals surface area contributed by atoms with Gasteiger partial charge in [-0.2, -0.15) is 0 Å². The maximum absolute atomic E-state index is 14.0. The molecule has 8 nitrogen and oxygen atoms in total. The van der Waals surface area contributed by atoms with Gasteiger partial charge >= 0.3 is 0 Å². The Morgan fingerprint density at radius 1 is 1.17 bits per heavy atom. The minimum atomic E-state index is -1.55. The van der Waals surface area contributed by atoms with Gasteiger partial charge in [0.25, 0.3) is 0 Å². The second kappa shape index (κ2) is 8.99. The molecule has 1 saturated heterocycles. The lowest BCUT2D eigenvalue weighted by atomic mass is 9.99. The normalized spacial score (nSPS) is 26.9. The number of hydrogen-bond donors (Lipinski definition) is 4. The van der Waals surface area contributed by atoms with Crippen LogP contribution in [0.25, 0.3) is 0 Å². The van der Waals surface area contributed by atoms with Crippen molar-refractivity contribution in [2.24, 2.45) is 0 Å². The van der Waals surface area contributed by atoms with Crippen molar-refractivity contribution in [2.45, 2.75) is 70.9 Å². The topological polar surface area (TPSA) is 117 Å². The molecular formula is C21H29FN2O6. The first-order valence-corrected chi connectivity index (χ1v) is 9.94. The molecule has 4 N–H and O–H groups in total. The van der Waals surface area contributed by atoms with Crippen LogP contribution in [-0.2, 0) is 11.2 Å². The van der Waals surface area contributed by atoms with Crippen LogP contribution in [0.15, 0.2) is 18.2 Å². The van der Waals surface area contributed by atoms with E-state index in [1.807, 2.05) is 26.8 Å². The monoisotopic (exact) mass is 424 g/mol. The van der Waals surface area contributed by atoms with Crippen LogP contribution in [0.4, 0.5) is 4.39 Å². The number of halogens is 1. The van der Waals surface area contributed by atoms with E-state index in [1.54, 1.807) is 17.7 Å². The molecule has 1 fully saturated rings. The fourth-order valence-corrected chi connectivity index (χ4v) is 3.55. The quantitative estimate of drug-likeness (QED) is 0.546. The third kappa shape index (κ3) is 4.35. The smallest absolute Gasteiger partial charge is 0.239 e. The zero-order valence-corrected chi connectivity index (χ0v) is 17.5. The predicted octanol–water partition coefficient (Wildman–Crippen LogP) is 0.989. The van der Waals surface area contributed by atoms with Crippen LogP contribution in [0.5, 0.6) is 5.88 Å². The lowest BCUT2D eigenvalue weighted by molar-refractivity contribution is -0.278. The molecule has 0 radical (unpaired) electrons. The molecule has 1 aliphatic rings. The molecule has 9 heteroatoms. The van der Waals surface area contributed by atoms with E-state index in [0.717, 1.165) is 11.3 Å². The van der Waals surface area contributed by atoms with Gasteiger partial charge in [0.1, 0.15) is 30.2 Å². The van der Waals surface area contributed by atoms with Gasteiger partial charge in [-0.05, 0) is 44.9 Å². The van der Waals surface area contributed by atoms with Gasteiger partial charge in [0, 0.05) is 23.7 Å². The minimum Gasteiger partial charge on any atom is -0.443 e. The van der Waals surface area contributed by atoms with Gasteiger partial charge in [-0.3, -0.25) is 4.68 Å². The van der Waals surface area contributed by atoms with Crippen LogP contribution in [0, 0.1) is 19.7 Å². The summed E-state index contributed by atoms with van der Waals surface area (Å²) < 4.78 is 27.0. The summed E-state index contributed by atoms with van der Waals surface area (Å²) in [5, 5.41) is 44.1. The fraction of sp³-hybridized carbons (Fsp3) is 0.571. The Hall–Kier alpha value is -2.04. The van der Waals surface area contributed by atoms with Gasteiger partial charge < -0.3 is 29.9 Å². The number of benzene rings is 1. The summed E-state index contributed by atoms with van der Waals surface area (Å²) in [6.07, 6.45) is -6.67. The molecule has 1 aromatic heterocycles. The van der Waals surface area contributed by atoms with Crippen molar-refractivity contribution < 1.29 is 34.3 Å². The van der Waals surface area contributed by atoms with E-state index >= 15 is 0 Å². The van der Waals surface area contributed by atoms with Crippen LogP contribution >= 0.6 is 0 Å². The second-order valence-electron chi connectivity index (χ2n) is 7.98. The summed E-state index contributed by atoms with van der Waals surface area (Å²) in [6.45, 7) is 6.90. The fourth-order valence-electron chi connectivity index (χ4n) is 3.55. The van der Waals surface area contributed by atoms with E-state index in [2.05, 4.69) is 5.10 Å². The van der Waals surface area contributed by atoms with Crippen molar-refractivity contribution in [1.82, 2.24) is 9.78 Å². The summed E-state index contributed by atoms with van der Waals surface area (Å²) in [7, 11) is 0. The Balaban J connectivity index is 1.93. The molecule has 1 aliphatic heterocycles. The molecule has 2 aromatic rings. The molecule has 30 heavy (non-hydrogen) atoms. The summed E-state index contributed by atoms with van der Waals surface area (Å²) >= 11 is 0. The second-order valence-corrected chi connectivity index (χ2v) is 7.98. The van der Waals surface area contributed by atoms with Crippen LogP contribution in [0.2, 0.25) is 0 Å². The third-order valence-corrected chi connectivity index (χ3v) is 5.42. The average Bonchev–Trinajstić information content (AvgIpc) is 3.01.